The van der Waals surface area contributed by atoms with E-state index in [1.165, 1.54) is 43.4 Å². The Morgan fingerprint density at radius 3 is 2.50 bits per heavy atom. The highest BCUT2D eigenvalue weighted by molar-refractivity contribution is 5.45. The normalized spacial score (nSPS) is 25.4. The van der Waals surface area contributed by atoms with Crippen LogP contribution in [0.25, 0.3) is 0 Å². The molecule has 1 nitrogen and oxygen atoms in total. The summed E-state index contributed by atoms with van der Waals surface area (Å²) in [7, 11) is 0. The van der Waals surface area contributed by atoms with E-state index in [0.717, 1.165) is 5.92 Å². The first-order chi connectivity index (χ1) is 7.79. The zero-order valence-electron chi connectivity index (χ0n) is 10.5. The Morgan fingerprint density at radius 2 is 1.81 bits per heavy atom. The molecule has 0 spiro atoms. The van der Waals surface area contributed by atoms with E-state index in [-0.39, 0.29) is 0 Å². The first kappa shape index (κ1) is 11.5. The van der Waals surface area contributed by atoms with Crippen LogP contribution in [0.15, 0.2) is 24.3 Å². The van der Waals surface area contributed by atoms with E-state index in [1.807, 2.05) is 0 Å². The Balaban J connectivity index is 1.99. The summed E-state index contributed by atoms with van der Waals surface area (Å²) < 4.78 is 0. The molecule has 2 rings (SSSR count). The molecule has 0 aromatic heterocycles. The van der Waals surface area contributed by atoms with Crippen molar-refractivity contribution in [3.8, 4) is 0 Å². The molecule has 2 unspecified atom stereocenters. The summed E-state index contributed by atoms with van der Waals surface area (Å²) in [4.78, 5) is 0. The molecule has 1 saturated carbocycles. The van der Waals surface area contributed by atoms with Crippen LogP contribution in [0, 0.1) is 12.8 Å². The lowest BCUT2D eigenvalue weighted by atomic mass is 9.83. The predicted molar refractivity (Wildman–Crippen MR) is 70.8 cm³/mol. The minimum atomic E-state index is 0.696. The fraction of sp³-hybridized carbons (Fsp3) is 0.600. The highest BCUT2D eigenvalue weighted by Crippen LogP contribution is 2.29. The van der Waals surface area contributed by atoms with E-state index >= 15 is 0 Å². The van der Waals surface area contributed by atoms with Gasteiger partial charge in [-0.3, -0.25) is 0 Å². The van der Waals surface area contributed by atoms with Gasteiger partial charge in [0.15, 0.2) is 0 Å². The van der Waals surface area contributed by atoms with Gasteiger partial charge in [-0.2, -0.15) is 0 Å². The first-order valence-electron chi connectivity index (χ1n) is 6.63. The largest absolute Gasteiger partial charge is 0.382 e. The summed E-state index contributed by atoms with van der Waals surface area (Å²) in [6.45, 7) is 4.46. The van der Waals surface area contributed by atoms with Crippen LogP contribution in [0.3, 0.4) is 0 Å². The highest BCUT2D eigenvalue weighted by Gasteiger charge is 2.23. The Morgan fingerprint density at radius 1 is 1.12 bits per heavy atom. The minimum absolute atomic E-state index is 0.696. The van der Waals surface area contributed by atoms with E-state index in [2.05, 4.69) is 43.4 Å². The molecule has 88 valence electrons. The van der Waals surface area contributed by atoms with Crippen LogP contribution in [0.4, 0.5) is 5.69 Å². The molecule has 0 bridgehead atoms. The third kappa shape index (κ3) is 2.78. The Kier molecular flexibility index (Phi) is 3.87. The van der Waals surface area contributed by atoms with Crippen LogP contribution in [0.1, 0.15) is 44.6 Å². The topological polar surface area (TPSA) is 12.0 Å². The van der Waals surface area contributed by atoms with Gasteiger partial charge in [-0.05, 0) is 37.8 Å². The molecule has 1 aromatic rings. The van der Waals surface area contributed by atoms with Crippen molar-refractivity contribution in [3.05, 3.63) is 29.8 Å². The number of anilines is 1. The monoisotopic (exact) mass is 217 g/mol. The third-order valence-electron chi connectivity index (χ3n) is 3.84. The number of hydrogen-bond acceptors (Lipinski definition) is 1. The van der Waals surface area contributed by atoms with Gasteiger partial charge in [0.25, 0.3) is 0 Å². The molecular weight excluding hydrogens is 194 g/mol. The van der Waals surface area contributed by atoms with Gasteiger partial charge in [0.1, 0.15) is 0 Å². The molecule has 1 N–H and O–H groups in total. The molecule has 1 heteroatoms. The highest BCUT2D eigenvalue weighted by atomic mass is 14.9. The van der Waals surface area contributed by atoms with Gasteiger partial charge in [-0.1, -0.05) is 43.9 Å². The van der Waals surface area contributed by atoms with Crippen LogP contribution in [0.2, 0.25) is 0 Å². The van der Waals surface area contributed by atoms with E-state index in [4.69, 9.17) is 0 Å². The fourth-order valence-corrected chi connectivity index (χ4v) is 2.75. The summed E-state index contributed by atoms with van der Waals surface area (Å²) in [5.74, 6) is 0.870. The zero-order chi connectivity index (χ0) is 11.4. The average Bonchev–Trinajstić information content (AvgIpc) is 2.33. The molecule has 0 amide bonds. The van der Waals surface area contributed by atoms with Crippen LogP contribution in [0.5, 0.6) is 0 Å². The van der Waals surface area contributed by atoms with Gasteiger partial charge < -0.3 is 5.32 Å². The Labute approximate surface area is 99.3 Å². The molecule has 0 aliphatic heterocycles. The predicted octanol–water partition coefficient (Wildman–Crippen LogP) is 4.38. The van der Waals surface area contributed by atoms with Crippen molar-refractivity contribution >= 4 is 5.69 Å². The maximum Gasteiger partial charge on any atom is 0.0342 e. The van der Waals surface area contributed by atoms with Crippen molar-refractivity contribution in [1.29, 1.82) is 0 Å². The van der Waals surface area contributed by atoms with Crippen LogP contribution in [-0.2, 0) is 0 Å². The second-order valence-corrected chi connectivity index (χ2v) is 5.07. The number of hydrogen-bond donors (Lipinski definition) is 1. The maximum atomic E-state index is 3.71. The molecule has 1 fully saturated rings. The first-order valence-corrected chi connectivity index (χ1v) is 6.63. The molecule has 2 atom stereocenters. The lowest BCUT2D eigenvalue weighted by Crippen LogP contribution is -2.31. The maximum absolute atomic E-state index is 3.71. The summed E-state index contributed by atoms with van der Waals surface area (Å²) in [6, 6.07) is 9.48. The van der Waals surface area contributed by atoms with Crippen molar-refractivity contribution in [2.75, 3.05) is 5.32 Å². The van der Waals surface area contributed by atoms with Crippen molar-refractivity contribution in [2.45, 2.75) is 52.0 Å². The summed E-state index contributed by atoms with van der Waals surface area (Å²) in [5.41, 5.74) is 2.62. The van der Waals surface area contributed by atoms with Gasteiger partial charge in [0, 0.05) is 11.7 Å². The van der Waals surface area contributed by atoms with Crippen molar-refractivity contribution in [1.82, 2.24) is 0 Å². The quantitative estimate of drug-likeness (QED) is 0.792. The van der Waals surface area contributed by atoms with Crippen LogP contribution < -0.4 is 5.32 Å². The standard InChI is InChI=1S/C15H23N/c1-3-13-6-4-5-7-15(13)16-14-10-8-12(2)9-11-14/h8-11,13,15-16H,3-7H2,1-2H3. The zero-order valence-corrected chi connectivity index (χ0v) is 10.5. The summed E-state index contributed by atoms with van der Waals surface area (Å²) in [5, 5.41) is 3.71. The Hall–Kier alpha value is -0.980. The van der Waals surface area contributed by atoms with Gasteiger partial charge in [-0.15, -0.1) is 0 Å². The molecule has 1 aliphatic rings. The van der Waals surface area contributed by atoms with Crippen molar-refractivity contribution in [2.24, 2.45) is 5.92 Å². The molecule has 0 heterocycles. The van der Waals surface area contributed by atoms with Gasteiger partial charge in [-0.25, -0.2) is 0 Å². The minimum Gasteiger partial charge on any atom is -0.382 e. The summed E-state index contributed by atoms with van der Waals surface area (Å²) in [6.07, 6.45) is 6.86. The smallest absolute Gasteiger partial charge is 0.0342 e. The van der Waals surface area contributed by atoms with Crippen LogP contribution >= 0.6 is 0 Å². The van der Waals surface area contributed by atoms with Gasteiger partial charge >= 0.3 is 0 Å². The lowest BCUT2D eigenvalue weighted by molar-refractivity contribution is 0.317. The van der Waals surface area contributed by atoms with Crippen LogP contribution in [-0.4, -0.2) is 6.04 Å². The van der Waals surface area contributed by atoms with E-state index in [1.54, 1.807) is 0 Å². The third-order valence-corrected chi connectivity index (χ3v) is 3.84. The van der Waals surface area contributed by atoms with Gasteiger partial charge in [0.05, 0.1) is 0 Å². The fourth-order valence-electron chi connectivity index (χ4n) is 2.75. The van der Waals surface area contributed by atoms with Crippen molar-refractivity contribution in [3.63, 3.8) is 0 Å². The molecule has 1 aliphatic carbocycles. The van der Waals surface area contributed by atoms with E-state index < -0.39 is 0 Å². The average molecular weight is 217 g/mol. The molecular formula is C15H23N. The number of benzene rings is 1. The summed E-state index contributed by atoms with van der Waals surface area (Å²) >= 11 is 0. The second kappa shape index (κ2) is 5.38. The van der Waals surface area contributed by atoms with E-state index in [9.17, 15) is 0 Å². The molecule has 16 heavy (non-hydrogen) atoms. The van der Waals surface area contributed by atoms with Gasteiger partial charge in [0.2, 0.25) is 0 Å². The SMILES string of the molecule is CCC1CCCCC1Nc1ccc(C)cc1. The Bertz CT molecular complexity index is 315. The second-order valence-electron chi connectivity index (χ2n) is 5.07. The molecule has 0 saturated heterocycles. The number of aryl methyl sites for hydroxylation is 1. The molecule has 0 radical (unpaired) electrons. The lowest BCUT2D eigenvalue weighted by Gasteiger charge is -2.32. The van der Waals surface area contributed by atoms with Crippen molar-refractivity contribution < 1.29 is 0 Å². The number of nitrogens with one attached hydrogen (secondary N) is 1. The number of rotatable bonds is 3. The molecule has 1 aromatic carbocycles. The van der Waals surface area contributed by atoms with E-state index in [0.29, 0.717) is 6.04 Å².